The Balaban J connectivity index is 0.000000885. The van der Waals surface area contributed by atoms with E-state index in [1.54, 1.807) is 12.1 Å². The first kappa shape index (κ1) is 18.5. The number of carbonyl (C=O) groups excluding carboxylic acids is 1. The molecular formula is C13H18N2O6. The van der Waals surface area contributed by atoms with E-state index in [0.717, 1.165) is 13.3 Å². The largest absolute Gasteiger partial charge is 0.481 e. The third-order valence-corrected chi connectivity index (χ3v) is 1.96. The molecule has 1 rings (SSSR count). The Morgan fingerprint density at radius 1 is 1.38 bits per heavy atom. The Morgan fingerprint density at radius 3 is 2.48 bits per heavy atom. The Labute approximate surface area is 121 Å². The molecular weight excluding hydrogens is 280 g/mol. The van der Waals surface area contributed by atoms with E-state index in [2.05, 4.69) is 5.32 Å². The molecule has 0 aromatic heterocycles. The summed E-state index contributed by atoms with van der Waals surface area (Å²) in [6.07, 6.45) is 0.818. The number of nitro benzene ring substituents is 1. The predicted octanol–water partition coefficient (Wildman–Crippen LogP) is 2.05. The molecule has 1 amide bonds. The van der Waals surface area contributed by atoms with Crippen LogP contribution in [0.15, 0.2) is 24.3 Å². The molecule has 1 aromatic rings. The van der Waals surface area contributed by atoms with Crippen LogP contribution in [0.3, 0.4) is 0 Å². The first-order valence-electron chi connectivity index (χ1n) is 6.19. The number of nitrogens with one attached hydrogen (secondary N) is 1. The fourth-order valence-electron chi connectivity index (χ4n) is 1.23. The van der Waals surface area contributed by atoms with Crippen LogP contribution >= 0.6 is 0 Å². The molecule has 0 spiro atoms. The van der Waals surface area contributed by atoms with Gasteiger partial charge in [0.25, 0.3) is 17.6 Å². The lowest BCUT2D eigenvalue weighted by Crippen LogP contribution is -2.19. The van der Waals surface area contributed by atoms with E-state index < -0.39 is 16.8 Å². The van der Waals surface area contributed by atoms with E-state index in [1.807, 2.05) is 6.92 Å². The van der Waals surface area contributed by atoms with Gasteiger partial charge in [-0.25, -0.2) is 0 Å². The molecule has 0 heterocycles. The Hall–Kier alpha value is -2.48. The molecule has 0 radical (unpaired) electrons. The topological polar surface area (TPSA) is 119 Å². The Morgan fingerprint density at radius 2 is 1.95 bits per heavy atom. The van der Waals surface area contributed by atoms with Crippen molar-refractivity contribution >= 4 is 23.3 Å². The van der Waals surface area contributed by atoms with Crippen molar-refractivity contribution in [2.45, 2.75) is 20.3 Å². The number of amides is 1. The van der Waals surface area contributed by atoms with Crippen molar-refractivity contribution in [3.8, 4) is 0 Å². The summed E-state index contributed by atoms with van der Waals surface area (Å²) < 4.78 is 5.04. The third-order valence-electron chi connectivity index (χ3n) is 1.96. The number of ether oxygens (including phenoxy) is 1. The van der Waals surface area contributed by atoms with Crippen LogP contribution in [-0.2, 0) is 14.3 Å². The van der Waals surface area contributed by atoms with Crippen LogP contribution in [-0.4, -0.2) is 35.1 Å². The number of nitrogens with zero attached hydrogens (tertiary/aromatic N) is 1. The number of hydrogen-bond donors (Lipinski definition) is 2. The monoisotopic (exact) mass is 298 g/mol. The van der Waals surface area contributed by atoms with E-state index in [9.17, 15) is 14.9 Å². The standard InChI is InChI=1S/C11H14N2O4.C2H4O2/c1-2-7-17-8-11(14)12-9-5-3-4-6-10(9)13(15)16;1-2(3)4/h3-6H,2,7-8H2,1H3,(H,12,14);1H3,(H,3,4). The quantitative estimate of drug-likeness (QED) is 0.471. The van der Waals surface area contributed by atoms with E-state index in [0.29, 0.717) is 6.61 Å². The average molecular weight is 298 g/mol. The molecule has 0 saturated carbocycles. The molecule has 0 bridgehead atoms. The minimum absolute atomic E-state index is 0.0973. The summed E-state index contributed by atoms with van der Waals surface area (Å²) in [6, 6.07) is 5.98. The molecule has 8 nitrogen and oxygen atoms in total. The van der Waals surface area contributed by atoms with Gasteiger partial charge in [-0.1, -0.05) is 19.1 Å². The summed E-state index contributed by atoms with van der Waals surface area (Å²) in [4.78, 5) is 30.6. The van der Waals surface area contributed by atoms with Gasteiger partial charge in [-0.3, -0.25) is 19.7 Å². The van der Waals surface area contributed by atoms with Gasteiger partial charge < -0.3 is 15.2 Å². The van der Waals surface area contributed by atoms with Gasteiger partial charge in [-0.05, 0) is 12.5 Å². The predicted molar refractivity (Wildman–Crippen MR) is 76.1 cm³/mol. The molecule has 0 aliphatic heterocycles. The highest BCUT2D eigenvalue weighted by atomic mass is 16.6. The Kier molecular flexibility index (Phi) is 9.11. The fraction of sp³-hybridized carbons (Fsp3) is 0.385. The van der Waals surface area contributed by atoms with Crippen molar-refractivity contribution in [1.82, 2.24) is 0 Å². The second kappa shape index (κ2) is 10.3. The number of aliphatic carboxylic acids is 1. The SMILES string of the molecule is CC(=O)O.CCCOCC(=O)Nc1ccccc1[N+](=O)[O-]. The maximum absolute atomic E-state index is 11.4. The Bertz CT molecular complexity index is 485. The maximum atomic E-state index is 11.4. The van der Waals surface area contributed by atoms with Gasteiger partial charge in [0.15, 0.2) is 0 Å². The summed E-state index contributed by atoms with van der Waals surface area (Å²) in [5.41, 5.74) is 0.0546. The van der Waals surface area contributed by atoms with Crippen molar-refractivity contribution in [3.05, 3.63) is 34.4 Å². The summed E-state index contributed by atoms with van der Waals surface area (Å²) in [5.74, 6) is -1.23. The third kappa shape index (κ3) is 9.11. The first-order chi connectivity index (χ1) is 9.88. The molecule has 1 aromatic carbocycles. The number of para-hydroxylation sites is 2. The highest BCUT2D eigenvalue weighted by Gasteiger charge is 2.14. The zero-order chi connectivity index (χ0) is 16.3. The van der Waals surface area contributed by atoms with Crippen molar-refractivity contribution in [2.75, 3.05) is 18.5 Å². The van der Waals surface area contributed by atoms with E-state index in [1.165, 1.54) is 12.1 Å². The van der Waals surface area contributed by atoms with Gasteiger partial charge in [0, 0.05) is 19.6 Å². The van der Waals surface area contributed by atoms with Gasteiger partial charge in [-0.15, -0.1) is 0 Å². The molecule has 0 atom stereocenters. The van der Waals surface area contributed by atoms with E-state index >= 15 is 0 Å². The van der Waals surface area contributed by atoms with Crippen LogP contribution in [0, 0.1) is 10.1 Å². The smallest absolute Gasteiger partial charge is 0.300 e. The van der Waals surface area contributed by atoms with Crippen molar-refractivity contribution in [3.63, 3.8) is 0 Å². The molecule has 0 saturated heterocycles. The first-order valence-corrected chi connectivity index (χ1v) is 6.19. The van der Waals surface area contributed by atoms with E-state index in [4.69, 9.17) is 14.6 Å². The lowest BCUT2D eigenvalue weighted by Gasteiger charge is -2.05. The zero-order valence-electron chi connectivity index (χ0n) is 11.9. The minimum Gasteiger partial charge on any atom is -0.481 e. The second-order valence-electron chi connectivity index (χ2n) is 3.89. The molecule has 0 aliphatic carbocycles. The van der Waals surface area contributed by atoms with Gasteiger partial charge in [0.1, 0.15) is 12.3 Å². The lowest BCUT2D eigenvalue weighted by molar-refractivity contribution is -0.383. The summed E-state index contributed by atoms with van der Waals surface area (Å²) >= 11 is 0. The van der Waals surface area contributed by atoms with Gasteiger partial charge >= 0.3 is 0 Å². The molecule has 116 valence electrons. The number of anilines is 1. The maximum Gasteiger partial charge on any atom is 0.300 e. The van der Waals surface area contributed by atoms with Crippen molar-refractivity contribution in [1.29, 1.82) is 0 Å². The highest BCUT2D eigenvalue weighted by Crippen LogP contribution is 2.22. The molecule has 0 aliphatic rings. The summed E-state index contributed by atoms with van der Waals surface area (Å²) in [5, 5.41) is 20.5. The minimum atomic E-state index is -0.833. The summed E-state index contributed by atoms with van der Waals surface area (Å²) in [6.45, 7) is 3.41. The average Bonchev–Trinajstić information content (AvgIpc) is 2.38. The van der Waals surface area contributed by atoms with Crippen LogP contribution < -0.4 is 5.32 Å². The second-order valence-corrected chi connectivity index (χ2v) is 3.89. The zero-order valence-corrected chi connectivity index (χ0v) is 11.9. The molecule has 0 unspecified atom stereocenters. The molecule has 0 fully saturated rings. The molecule has 8 heteroatoms. The number of benzene rings is 1. The number of carboxylic acid groups (broad SMARTS) is 1. The van der Waals surface area contributed by atoms with Crippen LogP contribution in [0.2, 0.25) is 0 Å². The number of hydrogen-bond acceptors (Lipinski definition) is 5. The molecule has 2 N–H and O–H groups in total. The lowest BCUT2D eigenvalue weighted by atomic mass is 10.2. The van der Waals surface area contributed by atoms with Crippen LogP contribution in [0.4, 0.5) is 11.4 Å². The van der Waals surface area contributed by atoms with Crippen LogP contribution in [0.5, 0.6) is 0 Å². The number of carboxylic acids is 1. The molecule has 21 heavy (non-hydrogen) atoms. The van der Waals surface area contributed by atoms with Gasteiger partial charge in [-0.2, -0.15) is 0 Å². The number of rotatable bonds is 6. The fourth-order valence-corrected chi connectivity index (χ4v) is 1.23. The highest BCUT2D eigenvalue weighted by molar-refractivity contribution is 5.93. The van der Waals surface area contributed by atoms with Crippen molar-refractivity contribution < 1.29 is 24.4 Å². The normalized spacial score (nSPS) is 9.24. The van der Waals surface area contributed by atoms with Crippen LogP contribution in [0.1, 0.15) is 20.3 Å². The van der Waals surface area contributed by atoms with Gasteiger partial charge in [0.05, 0.1) is 4.92 Å². The number of nitro groups is 1. The van der Waals surface area contributed by atoms with Crippen molar-refractivity contribution in [2.24, 2.45) is 0 Å². The summed E-state index contributed by atoms with van der Waals surface area (Å²) in [7, 11) is 0. The van der Waals surface area contributed by atoms with Crippen LogP contribution in [0.25, 0.3) is 0 Å². The van der Waals surface area contributed by atoms with Gasteiger partial charge in [0.2, 0.25) is 0 Å². The number of carbonyl (C=O) groups is 2. The van der Waals surface area contributed by atoms with E-state index in [-0.39, 0.29) is 18.0 Å².